The monoisotopic (exact) mass is 513 g/mol. The number of rotatable bonds is 9. The van der Waals surface area contributed by atoms with Crippen LogP contribution in [0.4, 0.5) is 11.6 Å². The topological polar surface area (TPSA) is 100 Å². The van der Waals surface area contributed by atoms with Gasteiger partial charge in [-0.3, -0.25) is 14.6 Å². The van der Waals surface area contributed by atoms with E-state index >= 15 is 0 Å². The van der Waals surface area contributed by atoms with Crippen LogP contribution in [-0.2, 0) is 29.5 Å². The number of pyridine rings is 2. The number of nitrogens with zero attached hydrogens (tertiary/aromatic N) is 4. The van der Waals surface area contributed by atoms with E-state index in [0.717, 1.165) is 36.9 Å². The number of ketones is 1. The van der Waals surface area contributed by atoms with Crippen LogP contribution >= 0.6 is 0 Å². The summed E-state index contributed by atoms with van der Waals surface area (Å²) in [6.45, 7) is 3.67. The van der Waals surface area contributed by atoms with E-state index in [1.165, 1.54) is 5.56 Å². The summed E-state index contributed by atoms with van der Waals surface area (Å²) in [7, 11) is 1.91. The first kappa shape index (κ1) is 24.4. The fraction of sp³-hybridized carbons (Fsp3) is 0.379. The summed E-state index contributed by atoms with van der Waals surface area (Å²) in [4.78, 5) is 33.8. The molecule has 196 valence electrons. The number of hydrogen-bond donors (Lipinski definition) is 1. The second-order valence-electron chi connectivity index (χ2n) is 10.4. The van der Waals surface area contributed by atoms with Crippen molar-refractivity contribution in [2.45, 2.75) is 45.1 Å². The van der Waals surface area contributed by atoms with Crippen LogP contribution in [0.15, 0.2) is 53.6 Å². The standard InChI is InChI=1S/C29H31N5O4/c1-18(35)11-22-13-24(7-9-30-22)38-23-5-6-25-27(14-23)33(2)29(31-25)32-26-12-21(20-3-4-20)16-34(28(26)36)15-19-8-10-37-17-19/h5-7,9,12-14,16,19-20H,3-4,8,10-11,15,17H2,1-2H3,(H,31,32). The minimum absolute atomic E-state index is 0.0450. The van der Waals surface area contributed by atoms with Gasteiger partial charge >= 0.3 is 0 Å². The molecule has 6 rings (SSSR count). The van der Waals surface area contributed by atoms with Gasteiger partial charge in [0.05, 0.1) is 23.3 Å². The zero-order valence-electron chi connectivity index (χ0n) is 21.6. The Morgan fingerprint density at radius 1 is 1.16 bits per heavy atom. The molecule has 1 aromatic carbocycles. The molecule has 0 bridgehead atoms. The number of aryl methyl sites for hydroxylation is 1. The van der Waals surface area contributed by atoms with Crippen LogP contribution in [0.5, 0.6) is 11.5 Å². The molecule has 4 aromatic rings. The van der Waals surface area contributed by atoms with Crippen molar-refractivity contribution in [2.75, 3.05) is 18.5 Å². The molecule has 1 aliphatic heterocycles. The summed E-state index contributed by atoms with van der Waals surface area (Å²) in [6.07, 6.45) is 7.24. The van der Waals surface area contributed by atoms with E-state index in [1.807, 2.05) is 46.6 Å². The van der Waals surface area contributed by atoms with Crippen LogP contribution in [-0.4, -0.2) is 38.1 Å². The minimum Gasteiger partial charge on any atom is -0.457 e. The molecule has 2 aliphatic rings. The number of aromatic nitrogens is 4. The fourth-order valence-corrected chi connectivity index (χ4v) is 5.00. The van der Waals surface area contributed by atoms with Gasteiger partial charge in [-0.25, -0.2) is 4.98 Å². The molecule has 0 spiro atoms. The summed E-state index contributed by atoms with van der Waals surface area (Å²) in [5, 5.41) is 3.32. The lowest BCUT2D eigenvalue weighted by atomic mass is 10.1. The SMILES string of the molecule is CC(=O)Cc1cc(Oc2ccc3nc(Nc4cc(C5CC5)cn(CC5CCOC5)c4=O)n(C)c3c2)ccn1. The highest BCUT2D eigenvalue weighted by molar-refractivity contribution is 5.81. The first-order valence-electron chi connectivity index (χ1n) is 13.1. The number of Topliss-reactive ketones (excluding diaryl/α,β-unsaturated/α-hetero) is 1. The van der Waals surface area contributed by atoms with E-state index in [-0.39, 0.29) is 17.8 Å². The van der Waals surface area contributed by atoms with Crippen molar-refractivity contribution in [1.29, 1.82) is 0 Å². The molecule has 0 amide bonds. The Morgan fingerprint density at radius 2 is 2.00 bits per heavy atom. The Balaban J connectivity index is 1.27. The first-order chi connectivity index (χ1) is 18.4. The molecule has 3 aromatic heterocycles. The normalized spacial score (nSPS) is 17.2. The molecule has 1 unspecified atom stereocenters. The summed E-state index contributed by atoms with van der Waals surface area (Å²) < 4.78 is 15.4. The van der Waals surface area contributed by atoms with E-state index in [2.05, 4.69) is 10.3 Å². The van der Waals surface area contributed by atoms with Crippen LogP contribution < -0.4 is 15.6 Å². The lowest BCUT2D eigenvalue weighted by molar-refractivity contribution is -0.116. The number of fused-ring (bicyclic) bond motifs is 1. The molecule has 1 atom stereocenters. The predicted molar refractivity (Wildman–Crippen MR) is 144 cm³/mol. The van der Waals surface area contributed by atoms with E-state index in [0.29, 0.717) is 53.8 Å². The van der Waals surface area contributed by atoms with E-state index in [9.17, 15) is 9.59 Å². The molecule has 2 fully saturated rings. The molecule has 0 radical (unpaired) electrons. The van der Waals surface area contributed by atoms with Gasteiger partial charge in [0.2, 0.25) is 5.95 Å². The van der Waals surface area contributed by atoms with Crippen molar-refractivity contribution >= 4 is 28.5 Å². The molecule has 38 heavy (non-hydrogen) atoms. The van der Waals surface area contributed by atoms with Gasteiger partial charge < -0.3 is 23.9 Å². The van der Waals surface area contributed by atoms with Crippen molar-refractivity contribution in [3.05, 3.63) is 70.4 Å². The highest BCUT2D eigenvalue weighted by Crippen LogP contribution is 2.40. The zero-order chi connectivity index (χ0) is 26.2. The van der Waals surface area contributed by atoms with Crippen molar-refractivity contribution in [1.82, 2.24) is 19.1 Å². The molecule has 1 saturated carbocycles. The second kappa shape index (κ2) is 10.1. The lowest BCUT2D eigenvalue weighted by Gasteiger charge is -2.15. The average Bonchev–Trinajstić information content (AvgIpc) is 3.53. The smallest absolute Gasteiger partial charge is 0.274 e. The van der Waals surface area contributed by atoms with E-state index < -0.39 is 0 Å². The van der Waals surface area contributed by atoms with E-state index in [4.69, 9.17) is 14.5 Å². The summed E-state index contributed by atoms with van der Waals surface area (Å²) in [6, 6.07) is 11.2. The minimum atomic E-state index is -0.0450. The third-order valence-corrected chi connectivity index (χ3v) is 7.19. The third kappa shape index (κ3) is 5.19. The largest absolute Gasteiger partial charge is 0.457 e. The maximum Gasteiger partial charge on any atom is 0.274 e. The Kier molecular flexibility index (Phi) is 6.45. The van der Waals surface area contributed by atoms with Crippen molar-refractivity contribution in [3.8, 4) is 11.5 Å². The molecular formula is C29H31N5O4. The van der Waals surface area contributed by atoms with E-state index in [1.54, 1.807) is 25.3 Å². The summed E-state index contributed by atoms with van der Waals surface area (Å²) in [5.74, 6) is 2.78. The molecule has 9 nitrogen and oxygen atoms in total. The molecule has 1 saturated heterocycles. The van der Waals surface area contributed by atoms with Crippen LogP contribution in [0.25, 0.3) is 11.0 Å². The molecular weight excluding hydrogens is 482 g/mol. The summed E-state index contributed by atoms with van der Waals surface area (Å²) in [5.41, 5.74) is 4.01. The van der Waals surface area contributed by atoms with Crippen molar-refractivity contribution < 1.29 is 14.3 Å². The maximum absolute atomic E-state index is 13.4. The van der Waals surface area contributed by atoms with Crippen LogP contribution in [0.1, 0.15) is 43.4 Å². The van der Waals surface area contributed by atoms with Gasteiger partial charge in [-0.15, -0.1) is 0 Å². The molecule has 1 aliphatic carbocycles. The van der Waals surface area contributed by atoms with Gasteiger partial charge in [0.15, 0.2) is 0 Å². The van der Waals surface area contributed by atoms with Gasteiger partial charge in [-0.1, -0.05) is 0 Å². The second-order valence-corrected chi connectivity index (χ2v) is 10.4. The Morgan fingerprint density at radius 3 is 2.76 bits per heavy atom. The van der Waals surface area contributed by atoms with Gasteiger partial charge in [-0.05, 0) is 61.9 Å². The van der Waals surface area contributed by atoms with Crippen LogP contribution in [0.2, 0.25) is 0 Å². The van der Waals surface area contributed by atoms with Gasteiger partial charge in [0, 0.05) is 57.1 Å². The first-order valence-corrected chi connectivity index (χ1v) is 13.1. The lowest BCUT2D eigenvalue weighted by Crippen LogP contribution is -2.26. The van der Waals surface area contributed by atoms with Gasteiger partial charge in [0.1, 0.15) is 23.0 Å². The molecule has 1 N–H and O–H groups in total. The third-order valence-electron chi connectivity index (χ3n) is 7.19. The number of hydrogen-bond acceptors (Lipinski definition) is 7. The Hall–Kier alpha value is -3.98. The van der Waals surface area contributed by atoms with Crippen LogP contribution in [0, 0.1) is 5.92 Å². The van der Waals surface area contributed by atoms with Gasteiger partial charge in [0.25, 0.3) is 5.56 Å². The quantitative estimate of drug-likeness (QED) is 0.346. The molecule has 9 heteroatoms. The zero-order valence-corrected chi connectivity index (χ0v) is 21.6. The molecule has 4 heterocycles. The van der Waals surface area contributed by atoms with Gasteiger partial charge in [-0.2, -0.15) is 0 Å². The van der Waals surface area contributed by atoms with Crippen LogP contribution in [0.3, 0.4) is 0 Å². The number of benzene rings is 1. The van der Waals surface area contributed by atoms with Crippen molar-refractivity contribution in [2.24, 2.45) is 13.0 Å². The Bertz CT molecular complexity index is 1560. The highest BCUT2D eigenvalue weighted by atomic mass is 16.5. The maximum atomic E-state index is 13.4. The number of nitrogens with one attached hydrogen (secondary N) is 1. The predicted octanol–water partition coefficient (Wildman–Crippen LogP) is 4.71. The number of imidazole rings is 1. The van der Waals surface area contributed by atoms with Crippen molar-refractivity contribution in [3.63, 3.8) is 0 Å². The fourth-order valence-electron chi connectivity index (χ4n) is 5.00. The highest BCUT2D eigenvalue weighted by Gasteiger charge is 2.26. The number of anilines is 2. The summed E-state index contributed by atoms with van der Waals surface area (Å²) >= 11 is 0. The number of ether oxygens (including phenoxy) is 2. The average molecular weight is 514 g/mol. The Labute approximate surface area is 220 Å². The number of carbonyl (C=O) groups excluding carboxylic acids is 1. The number of carbonyl (C=O) groups is 1.